The number of rotatable bonds is 8. The second-order valence-corrected chi connectivity index (χ2v) is 5.96. The van der Waals surface area contributed by atoms with E-state index in [0.29, 0.717) is 13.1 Å². The van der Waals surface area contributed by atoms with E-state index in [0.717, 1.165) is 42.8 Å². The first-order valence-electron chi connectivity index (χ1n) is 8.65. The molecule has 0 aliphatic carbocycles. The molecule has 0 aliphatic heterocycles. The highest BCUT2D eigenvalue weighted by molar-refractivity contribution is 5.75. The molecule has 2 amide bonds. The van der Waals surface area contributed by atoms with Crippen molar-refractivity contribution in [2.24, 2.45) is 0 Å². The monoisotopic (exact) mass is 340 g/mol. The largest absolute Gasteiger partial charge is 0.338 e. The lowest BCUT2D eigenvalue weighted by Crippen LogP contribution is -2.37. The van der Waals surface area contributed by atoms with E-state index in [1.54, 1.807) is 6.20 Å². The summed E-state index contributed by atoms with van der Waals surface area (Å²) in [5, 5.41) is 9.90. The Morgan fingerprint density at radius 1 is 1.08 bits per heavy atom. The molecule has 3 rings (SSSR count). The Morgan fingerprint density at radius 3 is 2.60 bits per heavy atom. The van der Waals surface area contributed by atoms with Crippen LogP contribution in [0.3, 0.4) is 0 Å². The second kappa shape index (κ2) is 8.32. The molecule has 0 saturated carbocycles. The fourth-order valence-corrected chi connectivity index (χ4v) is 2.86. The number of aryl methyl sites for hydroxylation is 3. The highest BCUT2D eigenvalue weighted by Gasteiger charge is 2.06. The number of hydrogen-bond donors (Lipinski definition) is 2. The summed E-state index contributed by atoms with van der Waals surface area (Å²) < 4.78 is 4.05. The maximum absolute atomic E-state index is 11.8. The first kappa shape index (κ1) is 17.0. The molecular formula is C18H24N6O. The number of urea groups is 1. The summed E-state index contributed by atoms with van der Waals surface area (Å²) in [5.41, 5.74) is 2.16. The van der Waals surface area contributed by atoms with E-state index in [9.17, 15) is 4.79 Å². The van der Waals surface area contributed by atoms with Crippen LogP contribution in [0.2, 0.25) is 0 Å². The van der Waals surface area contributed by atoms with Gasteiger partial charge < -0.3 is 15.2 Å². The van der Waals surface area contributed by atoms with Gasteiger partial charge in [0.15, 0.2) is 0 Å². The number of hydrogen-bond acceptors (Lipinski definition) is 3. The number of fused-ring (bicyclic) bond motifs is 1. The maximum atomic E-state index is 11.8. The zero-order valence-electron chi connectivity index (χ0n) is 14.5. The molecule has 2 heterocycles. The summed E-state index contributed by atoms with van der Waals surface area (Å²) in [5.74, 6) is 1.00. The van der Waals surface area contributed by atoms with E-state index in [1.165, 1.54) is 0 Å². The van der Waals surface area contributed by atoms with Gasteiger partial charge >= 0.3 is 6.03 Å². The van der Waals surface area contributed by atoms with Crippen LogP contribution in [0.25, 0.3) is 11.0 Å². The normalized spacial score (nSPS) is 10.9. The van der Waals surface area contributed by atoms with Crippen molar-refractivity contribution >= 4 is 17.1 Å². The van der Waals surface area contributed by atoms with Gasteiger partial charge in [0, 0.05) is 38.6 Å². The number of nitrogens with zero attached hydrogens (tertiary/aromatic N) is 4. The average molecular weight is 340 g/mol. The zero-order chi connectivity index (χ0) is 17.5. The number of aromatic nitrogens is 4. The van der Waals surface area contributed by atoms with E-state index in [1.807, 2.05) is 42.1 Å². The van der Waals surface area contributed by atoms with Crippen LogP contribution in [-0.2, 0) is 13.1 Å². The number of carbonyl (C=O) groups excluding carboxylic acids is 1. The molecule has 0 bridgehead atoms. The van der Waals surface area contributed by atoms with Crippen molar-refractivity contribution in [3.8, 4) is 0 Å². The summed E-state index contributed by atoms with van der Waals surface area (Å²) in [6, 6.07) is 9.90. The van der Waals surface area contributed by atoms with Crippen LogP contribution >= 0.6 is 0 Å². The van der Waals surface area contributed by atoms with Crippen LogP contribution in [-0.4, -0.2) is 38.5 Å². The SMILES string of the molecule is Cc1nc2ccccc2n1CCCNC(=O)NCCCn1cccn1. The Bertz CT molecular complexity index is 808. The van der Waals surface area contributed by atoms with Crippen molar-refractivity contribution in [2.75, 3.05) is 13.1 Å². The number of para-hydroxylation sites is 2. The van der Waals surface area contributed by atoms with Gasteiger partial charge in [-0.15, -0.1) is 0 Å². The third-order valence-corrected chi connectivity index (χ3v) is 4.10. The van der Waals surface area contributed by atoms with Crippen LogP contribution in [0.5, 0.6) is 0 Å². The zero-order valence-corrected chi connectivity index (χ0v) is 14.5. The molecule has 7 nitrogen and oxygen atoms in total. The Morgan fingerprint density at radius 2 is 1.84 bits per heavy atom. The number of benzene rings is 1. The molecule has 7 heteroatoms. The van der Waals surface area contributed by atoms with Crippen molar-refractivity contribution in [1.82, 2.24) is 30.0 Å². The van der Waals surface area contributed by atoms with Crippen LogP contribution < -0.4 is 10.6 Å². The van der Waals surface area contributed by atoms with Gasteiger partial charge in [0.1, 0.15) is 5.82 Å². The molecule has 132 valence electrons. The van der Waals surface area contributed by atoms with Crippen LogP contribution in [0.15, 0.2) is 42.7 Å². The molecule has 0 radical (unpaired) electrons. The lowest BCUT2D eigenvalue weighted by atomic mass is 10.3. The number of imidazole rings is 1. The highest BCUT2D eigenvalue weighted by atomic mass is 16.2. The summed E-state index contributed by atoms with van der Waals surface area (Å²) in [6.45, 7) is 4.93. The van der Waals surface area contributed by atoms with Gasteiger partial charge in [0.2, 0.25) is 0 Å². The second-order valence-electron chi connectivity index (χ2n) is 5.96. The smallest absolute Gasteiger partial charge is 0.314 e. The van der Waals surface area contributed by atoms with Gasteiger partial charge in [-0.2, -0.15) is 5.10 Å². The van der Waals surface area contributed by atoms with Gasteiger partial charge in [-0.1, -0.05) is 12.1 Å². The predicted molar refractivity (Wildman–Crippen MR) is 97.3 cm³/mol. The van der Waals surface area contributed by atoms with Crippen molar-refractivity contribution in [2.45, 2.75) is 32.9 Å². The van der Waals surface area contributed by atoms with Crippen molar-refractivity contribution < 1.29 is 4.79 Å². The summed E-state index contributed by atoms with van der Waals surface area (Å²) in [6.07, 6.45) is 5.39. The topological polar surface area (TPSA) is 76.8 Å². The third-order valence-electron chi connectivity index (χ3n) is 4.10. The summed E-state index contributed by atoms with van der Waals surface area (Å²) >= 11 is 0. The minimum absolute atomic E-state index is 0.118. The molecule has 2 N–H and O–H groups in total. The summed E-state index contributed by atoms with van der Waals surface area (Å²) in [4.78, 5) is 16.3. The Labute approximate surface area is 147 Å². The molecule has 0 saturated heterocycles. The molecule has 0 atom stereocenters. The van der Waals surface area contributed by atoms with Crippen LogP contribution in [0.4, 0.5) is 4.79 Å². The first-order valence-corrected chi connectivity index (χ1v) is 8.65. The minimum Gasteiger partial charge on any atom is -0.338 e. The van der Waals surface area contributed by atoms with Gasteiger partial charge in [0.05, 0.1) is 11.0 Å². The molecule has 0 spiro atoms. The molecular weight excluding hydrogens is 316 g/mol. The third kappa shape index (κ3) is 4.59. The quantitative estimate of drug-likeness (QED) is 0.618. The standard InChI is InChI=1S/C18H24N6O/c1-15-22-16-7-2-3-8-17(16)24(15)14-5-10-20-18(25)19-9-4-12-23-13-6-11-21-23/h2-3,6-8,11,13H,4-5,9-10,12,14H2,1H3,(H2,19,20,25). The Hall–Kier alpha value is -2.83. The van der Waals surface area contributed by atoms with Crippen LogP contribution in [0.1, 0.15) is 18.7 Å². The lowest BCUT2D eigenvalue weighted by Gasteiger charge is -2.09. The average Bonchev–Trinajstić information content (AvgIpc) is 3.23. The number of nitrogens with one attached hydrogen (secondary N) is 2. The van der Waals surface area contributed by atoms with E-state index in [2.05, 4.69) is 31.3 Å². The van der Waals surface area contributed by atoms with Crippen molar-refractivity contribution in [3.05, 3.63) is 48.5 Å². The Kier molecular flexibility index (Phi) is 5.66. The van der Waals surface area contributed by atoms with E-state index >= 15 is 0 Å². The maximum Gasteiger partial charge on any atom is 0.314 e. The fraction of sp³-hybridized carbons (Fsp3) is 0.389. The number of amides is 2. The van der Waals surface area contributed by atoms with Crippen molar-refractivity contribution in [3.63, 3.8) is 0 Å². The Balaban J connectivity index is 1.33. The molecule has 2 aromatic heterocycles. The van der Waals surface area contributed by atoms with Crippen LogP contribution in [0, 0.1) is 6.92 Å². The molecule has 3 aromatic rings. The predicted octanol–water partition coefficient (Wildman–Crippen LogP) is 2.32. The summed E-state index contributed by atoms with van der Waals surface area (Å²) in [7, 11) is 0. The van der Waals surface area contributed by atoms with E-state index in [-0.39, 0.29) is 6.03 Å². The van der Waals surface area contributed by atoms with Gasteiger partial charge in [-0.25, -0.2) is 9.78 Å². The molecule has 25 heavy (non-hydrogen) atoms. The van der Waals surface area contributed by atoms with E-state index < -0.39 is 0 Å². The number of carbonyl (C=O) groups is 1. The van der Waals surface area contributed by atoms with E-state index in [4.69, 9.17) is 0 Å². The minimum atomic E-state index is -0.118. The van der Waals surface area contributed by atoms with Gasteiger partial charge in [-0.3, -0.25) is 4.68 Å². The molecule has 0 fully saturated rings. The van der Waals surface area contributed by atoms with Crippen molar-refractivity contribution in [1.29, 1.82) is 0 Å². The van der Waals surface area contributed by atoms with Gasteiger partial charge in [0.25, 0.3) is 0 Å². The lowest BCUT2D eigenvalue weighted by molar-refractivity contribution is 0.240. The fourth-order valence-electron chi connectivity index (χ4n) is 2.86. The van der Waals surface area contributed by atoms with Gasteiger partial charge in [-0.05, 0) is 38.0 Å². The highest BCUT2D eigenvalue weighted by Crippen LogP contribution is 2.15. The molecule has 0 unspecified atom stereocenters. The first-order chi connectivity index (χ1) is 12.2. The molecule has 0 aliphatic rings. The molecule has 1 aromatic carbocycles.